The van der Waals surface area contributed by atoms with E-state index in [0.717, 1.165) is 19.3 Å². The van der Waals surface area contributed by atoms with Gasteiger partial charge in [-0.05, 0) is 55.5 Å². The van der Waals surface area contributed by atoms with E-state index >= 15 is 0 Å². The summed E-state index contributed by atoms with van der Waals surface area (Å²) in [5, 5.41) is 11.6. The minimum atomic E-state index is -1.04. The summed E-state index contributed by atoms with van der Waals surface area (Å²) in [6.07, 6.45) is 2.04. The Labute approximate surface area is 169 Å². The van der Waals surface area contributed by atoms with Crippen LogP contribution in [0.4, 0.5) is 5.69 Å². The molecule has 1 amide bonds. The van der Waals surface area contributed by atoms with Crippen molar-refractivity contribution >= 4 is 23.3 Å². The number of hydrogen-bond donors (Lipinski definition) is 1. The van der Waals surface area contributed by atoms with E-state index in [1.54, 1.807) is 30.3 Å². The van der Waals surface area contributed by atoms with Gasteiger partial charge in [-0.25, -0.2) is 0 Å². The first-order valence-corrected chi connectivity index (χ1v) is 9.62. The number of nitrogens with one attached hydrogen (secondary N) is 1. The molecule has 1 aliphatic rings. The van der Waals surface area contributed by atoms with Crippen molar-refractivity contribution in [3.05, 3.63) is 64.7 Å². The van der Waals surface area contributed by atoms with Gasteiger partial charge in [-0.1, -0.05) is 24.3 Å². The number of rotatable bonds is 7. The number of benzene rings is 2. The number of ether oxygens (including phenoxy) is 1. The van der Waals surface area contributed by atoms with Crippen LogP contribution in [0.3, 0.4) is 0 Å². The van der Waals surface area contributed by atoms with Gasteiger partial charge >= 0.3 is 5.97 Å². The molecule has 0 saturated heterocycles. The molecule has 0 unspecified atom stereocenters. The summed E-state index contributed by atoms with van der Waals surface area (Å²) in [5.74, 6) is -1.27. The highest BCUT2D eigenvalue weighted by Gasteiger charge is 2.20. The number of aryl methyl sites for hydroxylation is 2. The van der Waals surface area contributed by atoms with Crippen LogP contribution in [0.1, 0.15) is 53.2 Å². The van der Waals surface area contributed by atoms with E-state index in [4.69, 9.17) is 10.00 Å². The number of fused-ring (bicyclic) bond motifs is 1. The predicted molar refractivity (Wildman–Crippen MR) is 107 cm³/mol. The lowest BCUT2D eigenvalue weighted by molar-refractivity contribution is -0.153. The molecule has 0 heterocycles. The number of amides is 1. The van der Waals surface area contributed by atoms with Crippen LogP contribution in [-0.4, -0.2) is 23.8 Å². The van der Waals surface area contributed by atoms with E-state index in [0.29, 0.717) is 16.8 Å². The van der Waals surface area contributed by atoms with Crippen molar-refractivity contribution in [2.75, 3.05) is 5.32 Å². The van der Waals surface area contributed by atoms with Crippen molar-refractivity contribution in [1.82, 2.24) is 0 Å². The Morgan fingerprint density at radius 1 is 1.10 bits per heavy atom. The number of para-hydroxylation sites is 1. The van der Waals surface area contributed by atoms with Gasteiger partial charge in [0.2, 0.25) is 0 Å². The Balaban J connectivity index is 1.49. The predicted octanol–water partition coefficient (Wildman–Crippen LogP) is 3.58. The summed E-state index contributed by atoms with van der Waals surface area (Å²) in [4.78, 5) is 36.6. The van der Waals surface area contributed by atoms with Crippen molar-refractivity contribution in [3.8, 4) is 6.07 Å². The Morgan fingerprint density at radius 3 is 2.66 bits per heavy atom. The van der Waals surface area contributed by atoms with E-state index in [1.807, 2.05) is 18.2 Å². The molecule has 0 aliphatic heterocycles. The molecule has 1 aliphatic carbocycles. The summed E-state index contributed by atoms with van der Waals surface area (Å²) in [5.41, 5.74) is 3.78. The van der Waals surface area contributed by atoms with Gasteiger partial charge in [-0.3, -0.25) is 14.4 Å². The summed E-state index contributed by atoms with van der Waals surface area (Å²) in [6.45, 7) is 1.45. The molecule has 0 aromatic heterocycles. The molecular weight excluding hydrogens is 368 g/mol. The molecule has 29 heavy (non-hydrogen) atoms. The third-order valence-corrected chi connectivity index (χ3v) is 4.96. The maximum absolute atomic E-state index is 12.4. The van der Waals surface area contributed by atoms with E-state index in [-0.39, 0.29) is 18.6 Å². The molecule has 0 saturated carbocycles. The molecule has 1 atom stereocenters. The molecule has 2 aromatic rings. The maximum Gasteiger partial charge on any atom is 0.307 e. The van der Waals surface area contributed by atoms with Crippen LogP contribution in [0.5, 0.6) is 0 Å². The lowest BCUT2D eigenvalue weighted by Crippen LogP contribution is -2.30. The van der Waals surface area contributed by atoms with Gasteiger partial charge in [0.05, 0.1) is 17.7 Å². The molecule has 0 bridgehead atoms. The highest BCUT2D eigenvalue weighted by molar-refractivity contribution is 5.98. The number of anilines is 1. The van der Waals surface area contributed by atoms with Gasteiger partial charge in [0, 0.05) is 12.0 Å². The monoisotopic (exact) mass is 390 g/mol. The van der Waals surface area contributed by atoms with E-state index < -0.39 is 18.0 Å². The van der Waals surface area contributed by atoms with Crippen LogP contribution in [-0.2, 0) is 27.2 Å². The number of ketones is 1. The van der Waals surface area contributed by atoms with Gasteiger partial charge in [-0.15, -0.1) is 0 Å². The molecule has 3 rings (SSSR count). The first-order chi connectivity index (χ1) is 14.0. The van der Waals surface area contributed by atoms with Gasteiger partial charge < -0.3 is 10.1 Å². The van der Waals surface area contributed by atoms with E-state index in [1.165, 1.54) is 18.1 Å². The molecule has 1 N–H and O–H groups in total. The van der Waals surface area contributed by atoms with Crippen molar-refractivity contribution in [1.29, 1.82) is 5.26 Å². The molecule has 0 radical (unpaired) electrons. The largest absolute Gasteiger partial charge is 0.453 e. The topological polar surface area (TPSA) is 96.3 Å². The molecule has 0 spiro atoms. The van der Waals surface area contributed by atoms with Gasteiger partial charge in [0.15, 0.2) is 11.9 Å². The molecule has 6 nitrogen and oxygen atoms in total. The zero-order valence-electron chi connectivity index (χ0n) is 16.2. The highest BCUT2D eigenvalue weighted by Crippen LogP contribution is 2.23. The number of carbonyl (C=O) groups is 3. The minimum Gasteiger partial charge on any atom is -0.453 e. The third kappa shape index (κ3) is 5.08. The van der Waals surface area contributed by atoms with Crippen LogP contribution in [0, 0.1) is 11.3 Å². The number of Topliss-reactive ketones (excluding diaryl/α,β-unsaturated/α-hetero) is 1. The van der Waals surface area contributed by atoms with Gasteiger partial charge in [0.25, 0.3) is 5.91 Å². The molecule has 148 valence electrons. The zero-order valence-corrected chi connectivity index (χ0v) is 16.2. The first kappa shape index (κ1) is 20.3. The van der Waals surface area contributed by atoms with E-state index in [9.17, 15) is 14.4 Å². The normalized spacial score (nSPS) is 13.1. The van der Waals surface area contributed by atoms with Crippen LogP contribution in [0.2, 0.25) is 0 Å². The Morgan fingerprint density at radius 2 is 1.86 bits per heavy atom. The number of esters is 1. The van der Waals surface area contributed by atoms with Crippen molar-refractivity contribution < 1.29 is 19.1 Å². The summed E-state index contributed by atoms with van der Waals surface area (Å²) in [7, 11) is 0. The van der Waals surface area contributed by atoms with Crippen molar-refractivity contribution in [3.63, 3.8) is 0 Å². The smallest absolute Gasteiger partial charge is 0.307 e. The average Bonchev–Trinajstić information content (AvgIpc) is 3.20. The number of nitriles is 1. The van der Waals surface area contributed by atoms with Crippen LogP contribution in [0.15, 0.2) is 42.5 Å². The molecule has 6 heteroatoms. The second-order valence-electron chi connectivity index (χ2n) is 7.04. The highest BCUT2D eigenvalue weighted by atomic mass is 16.5. The summed E-state index contributed by atoms with van der Waals surface area (Å²) >= 11 is 0. The van der Waals surface area contributed by atoms with Gasteiger partial charge in [-0.2, -0.15) is 5.26 Å². The first-order valence-electron chi connectivity index (χ1n) is 9.62. The fourth-order valence-corrected chi connectivity index (χ4v) is 3.34. The summed E-state index contributed by atoms with van der Waals surface area (Å²) < 4.78 is 5.13. The lowest BCUT2D eigenvalue weighted by atomic mass is 10.0. The van der Waals surface area contributed by atoms with Crippen LogP contribution < -0.4 is 5.32 Å². The lowest BCUT2D eigenvalue weighted by Gasteiger charge is -2.14. The fraction of sp³-hybridized carbons (Fsp3) is 0.304. The van der Waals surface area contributed by atoms with E-state index in [2.05, 4.69) is 5.32 Å². The minimum absolute atomic E-state index is 0.0310. The third-order valence-electron chi connectivity index (χ3n) is 4.96. The number of carbonyl (C=O) groups excluding carboxylic acids is 3. The SMILES string of the molecule is C[C@H](OC(=O)CCC(=O)c1ccc2c(c1)CCC2)C(=O)Nc1ccccc1C#N. The molecule has 2 aromatic carbocycles. The second-order valence-corrected chi connectivity index (χ2v) is 7.04. The zero-order chi connectivity index (χ0) is 20.8. The summed E-state index contributed by atoms with van der Waals surface area (Å²) in [6, 6.07) is 14.3. The quantitative estimate of drug-likeness (QED) is 0.576. The second kappa shape index (κ2) is 9.16. The maximum atomic E-state index is 12.4. The average molecular weight is 390 g/mol. The fourth-order valence-electron chi connectivity index (χ4n) is 3.34. The van der Waals surface area contributed by atoms with Crippen LogP contribution in [0.25, 0.3) is 0 Å². The standard InChI is InChI=1S/C23H22N2O4/c1-15(23(28)25-20-8-3-2-5-19(20)14-24)29-22(27)12-11-21(26)18-10-9-16-6-4-7-17(16)13-18/h2-3,5,8-10,13,15H,4,6-7,11-12H2,1H3,(H,25,28)/t15-/m0/s1. The van der Waals surface area contributed by atoms with Crippen LogP contribution >= 0.6 is 0 Å². The number of hydrogen-bond acceptors (Lipinski definition) is 5. The molecular formula is C23H22N2O4. The van der Waals surface area contributed by atoms with Crippen molar-refractivity contribution in [2.45, 2.75) is 45.1 Å². The Bertz CT molecular complexity index is 991. The van der Waals surface area contributed by atoms with Gasteiger partial charge in [0.1, 0.15) is 6.07 Å². The number of nitrogens with zero attached hydrogens (tertiary/aromatic N) is 1. The molecule has 0 fully saturated rings. The Kier molecular flexibility index (Phi) is 6.40. The Hall–Kier alpha value is -3.46. The van der Waals surface area contributed by atoms with Crippen molar-refractivity contribution in [2.24, 2.45) is 0 Å².